The van der Waals surface area contributed by atoms with Crippen molar-refractivity contribution >= 4 is 17.5 Å². The number of rotatable bonds is 3. The number of benzene rings is 1. The number of hydrogen-bond donors (Lipinski definition) is 0. The fraction of sp³-hybridized carbons (Fsp3) is 0.417. The molecule has 0 spiro atoms. The van der Waals surface area contributed by atoms with Crippen LogP contribution in [-0.2, 0) is 0 Å². The topological polar surface area (TPSA) is 38.8 Å². The number of alkyl halides is 1. The lowest BCUT2D eigenvalue weighted by Crippen LogP contribution is -2.36. The summed E-state index contributed by atoms with van der Waals surface area (Å²) in [5, 5.41) is 0. The van der Waals surface area contributed by atoms with Crippen LogP contribution in [0.3, 0.4) is 0 Å². The van der Waals surface area contributed by atoms with Crippen molar-refractivity contribution in [2.24, 2.45) is 0 Å². The van der Waals surface area contributed by atoms with Crippen LogP contribution < -0.4 is 9.47 Å². The molecule has 0 saturated heterocycles. The lowest BCUT2D eigenvalue weighted by Gasteiger charge is -2.23. The van der Waals surface area contributed by atoms with Crippen LogP contribution in [0.25, 0.3) is 0 Å². The van der Waals surface area contributed by atoms with Crippen molar-refractivity contribution in [2.45, 2.75) is 13.0 Å². The second-order valence-corrected chi connectivity index (χ2v) is 4.30. The van der Waals surface area contributed by atoms with Crippen molar-refractivity contribution in [1.82, 2.24) is 4.90 Å². The van der Waals surface area contributed by atoms with E-state index < -0.39 is 0 Å². The van der Waals surface area contributed by atoms with Gasteiger partial charge < -0.3 is 14.4 Å². The number of carbonyl (C=O) groups is 1. The minimum Gasteiger partial charge on any atom is -0.454 e. The van der Waals surface area contributed by atoms with Crippen LogP contribution >= 0.6 is 11.6 Å². The van der Waals surface area contributed by atoms with Crippen LogP contribution in [0.5, 0.6) is 11.5 Å². The van der Waals surface area contributed by atoms with Crippen LogP contribution in [0.1, 0.15) is 17.3 Å². The molecule has 0 radical (unpaired) electrons. The Morgan fingerprint density at radius 1 is 1.47 bits per heavy atom. The number of carbonyl (C=O) groups excluding carboxylic acids is 1. The molecule has 1 heterocycles. The van der Waals surface area contributed by atoms with Gasteiger partial charge >= 0.3 is 0 Å². The Morgan fingerprint density at radius 2 is 2.18 bits per heavy atom. The molecule has 1 aliphatic heterocycles. The van der Waals surface area contributed by atoms with Crippen LogP contribution in [-0.4, -0.2) is 36.6 Å². The molecule has 1 atom stereocenters. The van der Waals surface area contributed by atoms with E-state index in [2.05, 4.69) is 0 Å². The Kier molecular flexibility index (Phi) is 3.43. The number of hydrogen-bond acceptors (Lipinski definition) is 3. The Bertz CT molecular complexity index is 436. The average Bonchev–Trinajstić information content (AvgIpc) is 2.83. The maximum Gasteiger partial charge on any atom is 0.254 e. The summed E-state index contributed by atoms with van der Waals surface area (Å²) in [5.41, 5.74) is 0.578. The van der Waals surface area contributed by atoms with Gasteiger partial charge in [0.15, 0.2) is 11.5 Å². The molecule has 0 fully saturated rings. The summed E-state index contributed by atoms with van der Waals surface area (Å²) in [6, 6.07) is 5.17. The van der Waals surface area contributed by atoms with Gasteiger partial charge in [0.1, 0.15) is 0 Å². The molecule has 1 aliphatic rings. The van der Waals surface area contributed by atoms with Crippen LogP contribution in [0.4, 0.5) is 0 Å². The number of fused-ring (bicyclic) bond motifs is 1. The summed E-state index contributed by atoms with van der Waals surface area (Å²) in [6.07, 6.45) is 0. The van der Waals surface area contributed by atoms with Crippen LogP contribution in [0.15, 0.2) is 18.2 Å². The first-order valence-electron chi connectivity index (χ1n) is 5.36. The molecular weight excluding hydrogens is 242 g/mol. The molecule has 1 unspecified atom stereocenters. The Morgan fingerprint density at radius 3 is 2.88 bits per heavy atom. The highest BCUT2D eigenvalue weighted by Crippen LogP contribution is 2.32. The third-order valence-electron chi connectivity index (χ3n) is 2.82. The molecule has 4 nitrogen and oxygen atoms in total. The van der Waals surface area contributed by atoms with Crippen molar-refractivity contribution in [1.29, 1.82) is 0 Å². The third-order valence-corrected chi connectivity index (χ3v) is 3.27. The van der Waals surface area contributed by atoms with E-state index in [-0.39, 0.29) is 18.7 Å². The molecule has 0 bridgehead atoms. The van der Waals surface area contributed by atoms with Gasteiger partial charge in [-0.15, -0.1) is 11.6 Å². The number of amides is 1. The van der Waals surface area contributed by atoms with E-state index in [9.17, 15) is 4.79 Å². The van der Waals surface area contributed by atoms with Crippen molar-refractivity contribution < 1.29 is 14.3 Å². The lowest BCUT2D eigenvalue weighted by atomic mass is 10.1. The highest BCUT2D eigenvalue weighted by atomic mass is 35.5. The van der Waals surface area contributed by atoms with Gasteiger partial charge in [0.25, 0.3) is 5.91 Å². The van der Waals surface area contributed by atoms with E-state index >= 15 is 0 Å². The van der Waals surface area contributed by atoms with Gasteiger partial charge in [0.05, 0.1) is 0 Å². The largest absolute Gasteiger partial charge is 0.454 e. The van der Waals surface area contributed by atoms with E-state index in [0.29, 0.717) is 22.9 Å². The average molecular weight is 256 g/mol. The second kappa shape index (κ2) is 4.84. The first-order chi connectivity index (χ1) is 8.13. The van der Waals surface area contributed by atoms with Crippen molar-refractivity contribution in [3.05, 3.63) is 23.8 Å². The van der Waals surface area contributed by atoms with Crippen LogP contribution in [0.2, 0.25) is 0 Å². The fourth-order valence-corrected chi connectivity index (χ4v) is 1.74. The molecule has 17 heavy (non-hydrogen) atoms. The van der Waals surface area contributed by atoms with Gasteiger partial charge in [-0.25, -0.2) is 0 Å². The molecule has 0 saturated carbocycles. The van der Waals surface area contributed by atoms with Crippen molar-refractivity contribution in [3.8, 4) is 11.5 Å². The zero-order valence-corrected chi connectivity index (χ0v) is 10.5. The molecule has 92 valence electrons. The van der Waals surface area contributed by atoms with E-state index in [0.717, 1.165) is 0 Å². The summed E-state index contributed by atoms with van der Waals surface area (Å²) in [5.74, 6) is 1.63. The summed E-state index contributed by atoms with van der Waals surface area (Å²) in [6.45, 7) is 2.11. The third kappa shape index (κ3) is 2.31. The highest BCUT2D eigenvalue weighted by Gasteiger charge is 2.20. The zero-order valence-electron chi connectivity index (χ0n) is 9.77. The molecule has 0 aliphatic carbocycles. The highest BCUT2D eigenvalue weighted by molar-refractivity contribution is 6.18. The number of nitrogens with zero attached hydrogens (tertiary/aromatic N) is 1. The maximum absolute atomic E-state index is 12.1. The van der Waals surface area contributed by atoms with Gasteiger partial charge in [-0.05, 0) is 25.1 Å². The number of ether oxygens (including phenoxy) is 2. The molecule has 5 heteroatoms. The molecule has 0 aromatic heterocycles. The standard InChI is InChI=1S/C12H14ClNO3/c1-8(6-13)14(2)12(15)9-3-4-10-11(5-9)17-7-16-10/h3-5,8H,6-7H2,1-2H3. The molecule has 1 amide bonds. The predicted molar refractivity (Wildman–Crippen MR) is 64.8 cm³/mol. The van der Waals surface area contributed by atoms with Crippen molar-refractivity contribution in [3.63, 3.8) is 0 Å². The van der Waals surface area contributed by atoms with Crippen LogP contribution in [0, 0.1) is 0 Å². The van der Waals surface area contributed by atoms with Gasteiger partial charge in [-0.3, -0.25) is 4.79 Å². The first-order valence-corrected chi connectivity index (χ1v) is 5.89. The van der Waals surface area contributed by atoms with Gasteiger partial charge in [-0.1, -0.05) is 0 Å². The first kappa shape index (κ1) is 12.0. The van der Waals surface area contributed by atoms with Gasteiger partial charge in [0, 0.05) is 24.5 Å². The normalized spacial score (nSPS) is 14.5. The maximum atomic E-state index is 12.1. The van der Waals surface area contributed by atoms with Gasteiger partial charge in [0.2, 0.25) is 6.79 Å². The molecule has 2 rings (SSSR count). The summed E-state index contributed by atoms with van der Waals surface area (Å²) in [4.78, 5) is 13.7. The Balaban J connectivity index is 2.20. The summed E-state index contributed by atoms with van der Waals surface area (Å²) < 4.78 is 10.4. The Hall–Kier alpha value is -1.42. The fourth-order valence-electron chi connectivity index (χ4n) is 1.54. The SMILES string of the molecule is CC(CCl)N(C)C(=O)c1ccc2c(c1)OCO2. The second-order valence-electron chi connectivity index (χ2n) is 3.99. The molecule has 1 aromatic carbocycles. The van der Waals surface area contributed by atoms with E-state index in [1.54, 1.807) is 30.1 Å². The van der Waals surface area contributed by atoms with E-state index in [4.69, 9.17) is 21.1 Å². The summed E-state index contributed by atoms with van der Waals surface area (Å²) in [7, 11) is 1.74. The molecule has 0 N–H and O–H groups in total. The van der Waals surface area contributed by atoms with Gasteiger partial charge in [-0.2, -0.15) is 0 Å². The molecule has 1 aromatic rings. The summed E-state index contributed by atoms with van der Waals surface area (Å²) >= 11 is 5.73. The van der Waals surface area contributed by atoms with Crippen molar-refractivity contribution in [2.75, 3.05) is 19.7 Å². The zero-order chi connectivity index (χ0) is 12.4. The minimum atomic E-state index is -0.0727. The molecular formula is C12H14ClNO3. The Labute approximate surface area is 105 Å². The predicted octanol–water partition coefficient (Wildman–Crippen LogP) is 2.11. The number of halogens is 1. The van der Waals surface area contributed by atoms with E-state index in [1.807, 2.05) is 6.92 Å². The quantitative estimate of drug-likeness (QED) is 0.777. The lowest BCUT2D eigenvalue weighted by molar-refractivity contribution is 0.0756. The minimum absolute atomic E-state index is 0.00501. The van der Waals surface area contributed by atoms with E-state index in [1.165, 1.54) is 0 Å². The smallest absolute Gasteiger partial charge is 0.254 e. The monoisotopic (exact) mass is 255 g/mol.